The Morgan fingerprint density at radius 2 is 1.91 bits per heavy atom. The molecule has 0 bridgehead atoms. The van der Waals surface area contributed by atoms with Crippen molar-refractivity contribution in [1.82, 2.24) is 10.2 Å². The first-order valence-electron chi connectivity index (χ1n) is 10.0. The number of nitrogens with zero attached hydrogens (tertiary/aromatic N) is 3. The number of amides is 1. The second-order valence-electron chi connectivity index (χ2n) is 8.02. The zero-order valence-corrected chi connectivity index (χ0v) is 18.7. The summed E-state index contributed by atoms with van der Waals surface area (Å²) in [4.78, 5) is 28.3. The monoisotopic (exact) mass is 469 g/mol. The van der Waals surface area contributed by atoms with E-state index >= 15 is 0 Å². The SMILES string of the molecule is CC(C)Cc1nnc(N2C(=O)c3oc4ccc(F)cc4c(=O)c3C2c2ccc(Cl)cc2)s1. The molecule has 2 aromatic heterocycles. The van der Waals surface area contributed by atoms with E-state index in [1.165, 1.54) is 28.4 Å². The molecule has 0 fully saturated rings. The highest BCUT2D eigenvalue weighted by atomic mass is 35.5. The van der Waals surface area contributed by atoms with Gasteiger partial charge in [-0.25, -0.2) is 4.39 Å². The van der Waals surface area contributed by atoms with Crippen LogP contribution in [0.3, 0.4) is 0 Å². The summed E-state index contributed by atoms with van der Waals surface area (Å²) in [6.45, 7) is 4.14. The fourth-order valence-corrected chi connectivity index (χ4v) is 5.08. The van der Waals surface area contributed by atoms with Gasteiger partial charge in [0.1, 0.15) is 16.4 Å². The Morgan fingerprint density at radius 1 is 1.16 bits per heavy atom. The number of carbonyl (C=O) groups is 1. The van der Waals surface area contributed by atoms with Crippen LogP contribution >= 0.6 is 22.9 Å². The minimum Gasteiger partial charge on any atom is -0.450 e. The summed E-state index contributed by atoms with van der Waals surface area (Å²) in [7, 11) is 0. The van der Waals surface area contributed by atoms with Crippen LogP contribution in [-0.4, -0.2) is 16.1 Å². The van der Waals surface area contributed by atoms with Crippen LogP contribution in [0.1, 0.15) is 46.6 Å². The topological polar surface area (TPSA) is 76.3 Å². The lowest BCUT2D eigenvalue weighted by Gasteiger charge is -2.22. The average Bonchev–Trinajstić information content (AvgIpc) is 3.31. The number of benzene rings is 2. The third-order valence-electron chi connectivity index (χ3n) is 5.26. The van der Waals surface area contributed by atoms with Crippen molar-refractivity contribution in [2.75, 3.05) is 4.90 Å². The van der Waals surface area contributed by atoms with Crippen LogP contribution < -0.4 is 10.3 Å². The van der Waals surface area contributed by atoms with Crippen molar-refractivity contribution in [3.8, 4) is 0 Å². The van der Waals surface area contributed by atoms with Crippen molar-refractivity contribution in [2.45, 2.75) is 26.3 Å². The van der Waals surface area contributed by atoms with Gasteiger partial charge in [-0.1, -0.05) is 48.9 Å². The van der Waals surface area contributed by atoms with Crippen molar-refractivity contribution in [3.63, 3.8) is 0 Å². The lowest BCUT2D eigenvalue weighted by molar-refractivity contribution is 0.0970. The molecule has 0 aliphatic carbocycles. The summed E-state index contributed by atoms with van der Waals surface area (Å²) >= 11 is 7.36. The Hall–Kier alpha value is -3.10. The first kappa shape index (κ1) is 20.8. The number of anilines is 1. The summed E-state index contributed by atoms with van der Waals surface area (Å²) in [5, 5.41) is 10.2. The van der Waals surface area contributed by atoms with Gasteiger partial charge in [-0.05, 0) is 41.8 Å². The van der Waals surface area contributed by atoms with Crippen LogP contribution in [0.2, 0.25) is 5.02 Å². The van der Waals surface area contributed by atoms with Crippen LogP contribution in [0.5, 0.6) is 0 Å². The largest absolute Gasteiger partial charge is 0.450 e. The highest BCUT2D eigenvalue weighted by Gasteiger charge is 2.45. The molecule has 4 aromatic rings. The number of carbonyl (C=O) groups excluding carboxylic acids is 1. The third-order valence-corrected chi connectivity index (χ3v) is 6.46. The van der Waals surface area contributed by atoms with Gasteiger partial charge in [0.05, 0.1) is 17.0 Å². The maximum atomic E-state index is 13.9. The molecule has 9 heteroatoms. The predicted octanol–water partition coefficient (Wildman–Crippen LogP) is 5.39. The summed E-state index contributed by atoms with van der Waals surface area (Å²) in [6.07, 6.45) is 0.721. The van der Waals surface area contributed by atoms with E-state index < -0.39 is 23.2 Å². The smallest absolute Gasteiger partial charge is 0.297 e. The second-order valence-corrected chi connectivity index (χ2v) is 9.50. The average molecular weight is 470 g/mol. The molecule has 2 aromatic carbocycles. The Kier molecular flexibility index (Phi) is 5.06. The van der Waals surface area contributed by atoms with Crippen molar-refractivity contribution < 1.29 is 13.6 Å². The Morgan fingerprint density at radius 3 is 2.62 bits per heavy atom. The van der Waals surface area contributed by atoms with E-state index in [1.807, 2.05) is 0 Å². The summed E-state index contributed by atoms with van der Waals surface area (Å²) in [5.74, 6) is -0.751. The van der Waals surface area contributed by atoms with E-state index in [0.717, 1.165) is 17.5 Å². The molecule has 0 spiro atoms. The first-order chi connectivity index (χ1) is 15.3. The van der Waals surface area contributed by atoms with E-state index in [2.05, 4.69) is 24.0 Å². The van der Waals surface area contributed by atoms with Crippen molar-refractivity contribution in [2.24, 2.45) is 5.92 Å². The fourth-order valence-electron chi connectivity index (χ4n) is 3.88. The third kappa shape index (κ3) is 3.40. The van der Waals surface area contributed by atoms with Gasteiger partial charge < -0.3 is 4.42 Å². The first-order valence-corrected chi connectivity index (χ1v) is 11.2. The van der Waals surface area contributed by atoms with Gasteiger partial charge in [-0.3, -0.25) is 14.5 Å². The van der Waals surface area contributed by atoms with E-state index in [1.54, 1.807) is 24.3 Å². The summed E-state index contributed by atoms with van der Waals surface area (Å²) < 4.78 is 19.7. The highest BCUT2D eigenvalue weighted by molar-refractivity contribution is 7.15. The van der Waals surface area contributed by atoms with Gasteiger partial charge in [-0.2, -0.15) is 0 Å². The highest BCUT2D eigenvalue weighted by Crippen LogP contribution is 2.42. The van der Waals surface area contributed by atoms with Crippen molar-refractivity contribution in [3.05, 3.63) is 85.4 Å². The van der Waals surface area contributed by atoms with Gasteiger partial charge in [0.15, 0.2) is 5.43 Å². The number of aromatic nitrogens is 2. The van der Waals surface area contributed by atoms with Crippen LogP contribution in [0.25, 0.3) is 11.0 Å². The fraction of sp³-hybridized carbons (Fsp3) is 0.217. The van der Waals surface area contributed by atoms with E-state index in [4.69, 9.17) is 16.0 Å². The van der Waals surface area contributed by atoms with Crippen LogP contribution in [0.4, 0.5) is 9.52 Å². The molecular weight excluding hydrogens is 453 g/mol. The summed E-state index contributed by atoms with van der Waals surface area (Å²) in [5.41, 5.74) is 0.502. The van der Waals surface area contributed by atoms with Crippen LogP contribution in [-0.2, 0) is 6.42 Å². The molecule has 6 nitrogen and oxygen atoms in total. The Bertz CT molecular complexity index is 1410. The lowest BCUT2D eigenvalue weighted by atomic mass is 9.99. The minimum atomic E-state index is -0.793. The maximum Gasteiger partial charge on any atom is 0.297 e. The van der Waals surface area contributed by atoms with Gasteiger partial charge >= 0.3 is 0 Å². The van der Waals surface area contributed by atoms with Gasteiger partial charge in [0.25, 0.3) is 5.91 Å². The minimum absolute atomic E-state index is 0.0744. The Labute approximate surface area is 191 Å². The van der Waals surface area contributed by atoms with Crippen LogP contribution in [0, 0.1) is 11.7 Å². The van der Waals surface area contributed by atoms with E-state index in [-0.39, 0.29) is 22.3 Å². The predicted molar refractivity (Wildman–Crippen MR) is 121 cm³/mol. The molecule has 1 atom stereocenters. The molecule has 0 N–H and O–H groups in total. The molecule has 0 saturated heterocycles. The van der Waals surface area contributed by atoms with E-state index in [9.17, 15) is 14.0 Å². The van der Waals surface area contributed by atoms with Gasteiger partial charge in [0.2, 0.25) is 10.9 Å². The normalized spacial score (nSPS) is 15.7. The molecule has 1 unspecified atom stereocenters. The number of halogens is 2. The zero-order chi connectivity index (χ0) is 22.6. The number of hydrogen-bond acceptors (Lipinski definition) is 6. The molecule has 162 valence electrons. The quantitative estimate of drug-likeness (QED) is 0.400. The van der Waals surface area contributed by atoms with Gasteiger partial charge in [0, 0.05) is 11.4 Å². The molecule has 3 heterocycles. The van der Waals surface area contributed by atoms with Crippen molar-refractivity contribution in [1.29, 1.82) is 0 Å². The maximum absolute atomic E-state index is 13.9. The zero-order valence-electron chi connectivity index (χ0n) is 17.1. The summed E-state index contributed by atoms with van der Waals surface area (Å²) in [6, 6.07) is 9.73. The second kappa shape index (κ2) is 7.79. The van der Waals surface area contributed by atoms with Crippen LogP contribution in [0.15, 0.2) is 51.7 Å². The lowest BCUT2D eigenvalue weighted by Crippen LogP contribution is -2.29. The number of rotatable bonds is 4. The number of hydrogen-bond donors (Lipinski definition) is 0. The molecule has 0 radical (unpaired) electrons. The molecule has 5 rings (SSSR count). The molecular formula is C23H17ClFN3O3S. The van der Waals surface area contributed by atoms with Gasteiger partial charge in [-0.15, -0.1) is 10.2 Å². The molecule has 32 heavy (non-hydrogen) atoms. The number of fused-ring (bicyclic) bond motifs is 2. The molecule has 1 aliphatic rings. The Balaban J connectivity index is 1.74. The molecule has 1 amide bonds. The molecule has 1 aliphatic heterocycles. The standard InChI is InChI=1S/C23H17ClFN3O3S/c1-11(2)9-17-26-27-23(32-17)28-19(12-3-5-13(24)6-4-12)18-20(29)15-10-14(25)7-8-16(15)31-21(18)22(28)30/h3-8,10-11,19H,9H2,1-2H3. The molecule has 0 saturated carbocycles. The van der Waals surface area contributed by atoms with E-state index in [0.29, 0.717) is 21.6 Å². The van der Waals surface area contributed by atoms with Crippen molar-refractivity contribution >= 4 is 44.9 Å².